The first-order valence-corrected chi connectivity index (χ1v) is 8.42. The summed E-state index contributed by atoms with van der Waals surface area (Å²) in [7, 11) is 0. The number of aromatic nitrogens is 2. The van der Waals surface area contributed by atoms with E-state index in [1.807, 2.05) is 23.2 Å². The van der Waals surface area contributed by atoms with E-state index >= 15 is 0 Å². The second kappa shape index (κ2) is 5.06. The second-order valence-electron chi connectivity index (χ2n) is 4.84. The van der Waals surface area contributed by atoms with Gasteiger partial charge < -0.3 is 0 Å². The van der Waals surface area contributed by atoms with Crippen LogP contribution in [0.1, 0.15) is 5.56 Å². The first kappa shape index (κ1) is 12.7. The Labute approximate surface area is 130 Å². The minimum atomic E-state index is 1.07. The van der Waals surface area contributed by atoms with Crippen molar-refractivity contribution in [1.82, 2.24) is 9.97 Å². The van der Waals surface area contributed by atoms with E-state index in [4.69, 9.17) is 0 Å². The van der Waals surface area contributed by atoms with Crippen molar-refractivity contribution in [2.45, 2.75) is 6.92 Å². The second-order valence-corrected chi connectivity index (χ2v) is 6.63. The largest absolute Gasteiger partial charge is 0.245 e. The number of aryl methyl sites for hydroxylation is 1. The van der Waals surface area contributed by atoms with Crippen LogP contribution < -0.4 is 0 Å². The Balaban J connectivity index is 2.11. The first-order valence-electron chi connectivity index (χ1n) is 6.66. The minimum Gasteiger partial charge on any atom is -0.245 e. The maximum atomic E-state index is 4.50. The monoisotopic (exact) mass is 308 g/mol. The molecule has 2 aromatic heterocycles. The van der Waals surface area contributed by atoms with Crippen LogP contribution >= 0.6 is 22.7 Å². The van der Waals surface area contributed by atoms with Crippen LogP contribution in [-0.4, -0.2) is 9.97 Å². The van der Waals surface area contributed by atoms with Gasteiger partial charge in [0.1, 0.15) is 10.0 Å². The van der Waals surface area contributed by atoms with E-state index in [1.165, 1.54) is 27.5 Å². The van der Waals surface area contributed by atoms with Gasteiger partial charge >= 0.3 is 0 Å². The van der Waals surface area contributed by atoms with Gasteiger partial charge in [0.2, 0.25) is 0 Å². The molecule has 0 aliphatic rings. The van der Waals surface area contributed by atoms with Crippen molar-refractivity contribution in [1.29, 1.82) is 0 Å². The molecule has 0 fully saturated rings. The molecule has 0 saturated carbocycles. The van der Waals surface area contributed by atoms with Crippen LogP contribution in [0.15, 0.2) is 53.5 Å². The zero-order chi connectivity index (χ0) is 14.2. The summed E-state index contributed by atoms with van der Waals surface area (Å²) in [5.74, 6) is 0. The lowest BCUT2D eigenvalue weighted by Crippen LogP contribution is -1.89. The summed E-state index contributed by atoms with van der Waals surface area (Å²) in [5.41, 5.74) is 3.69. The fourth-order valence-corrected chi connectivity index (χ4v) is 4.11. The number of benzene rings is 2. The van der Waals surface area contributed by atoms with Gasteiger partial charge in [-0.05, 0) is 29.3 Å². The number of fused-ring (bicyclic) bond motifs is 1. The fraction of sp³-hybridized carbons (Fsp3) is 0.0588. The van der Waals surface area contributed by atoms with Gasteiger partial charge in [-0.15, -0.1) is 22.7 Å². The maximum Gasteiger partial charge on any atom is 0.124 e. The van der Waals surface area contributed by atoms with Gasteiger partial charge in [0.25, 0.3) is 0 Å². The normalized spacial score (nSPS) is 11.1. The van der Waals surface area contributed by atoms with Gasteiger partial charge in [0.05, 0.1) is 0 Å². The highest BCUT2D eigenvalue weighted by atomic mass is 32.1. The summed E-state index contributed by atoms with van der Waals surface area (Å²) >= 11 is 3.36. The summed E-state index contributed by atoms with van der Waals surface area (Å²) in [4.78, 5) is 8.97. The Morgan fingerprint density at radius 3 is 2.19 bits per heavy atom. The van der Waals surface area contributed by atoms with Gasteiger partial charge in [-0.1, -0.05) is 24.3 Å². The first-order chi connectivity index (χ1) is 10.3. The van der Waals surface area contributed by atoms with Gasteiger partial charge in [-0.25, -0.2) is 9.97 Å². The molecule has 2 heterocycles. The zero-order valence-corrected chi connectivity index (χ0v) is 13.0. The van der Waals surface area contributed by atoms with E-state index < -0.39 is 0 Å². The summed E-state index contributed by atoms with van der Waals surface area (Å²) < 4.78 is 0. The number of thiazole rings is 2. The Morgan fingerprint density at radius 2 is 1.52 bits per heavy atom. The summed E-state index contributed by atoms with van der Waals surface area (Å²) in [6, 6.07) is 10.8. The number of hydrogen-bond donors (Lipinski definition) is 0. The molecule has 102 valence electrons. The molecule has 4 rings (SSSR count). The highest BCUT2D eigenvalue weighted by Crippen LogP contribution is 2.39. The van der Waals surface area contributed by atoms with Crippen molar-refractivity contribution in [2.24, 2.45) is 0 Å². The van der Waals surface area contributed by atoms with Gasteiger partial charge in [0.15, 0.2) is 0 Å². The van der Waals surface area contributed by atoms with Gasteiger partial charge in [-0.3, -0.25) is 0 Å². The number of rotatable bonds is 2. The molecule has 0 aliphatic heterocycles. The van der Waals surface area contributed by atoms with Crippen molar-refractivity contribution in [3.05, 3.63) is 59.0 Å². The lowest BCUT2D eigenvalue weighted by atomic mass is 9.95. The van der Waals surface area contributed by atoms with E-state index in [-0.39, 0.29) is 0 Å². The molecule has 0 N–H and O–H groups in total. The van der Waals surface area contributed by atoms with Crippen LogP contribution in [0.3, 0.4) is 0 Å². The third kappa shape index (κ3) is 2.07. The highest BCUT2D eigenvalue weighted by molar-refractivity contribution is 7.13. The van der Waals surface area contributed by atoms with Crippen LogP contribution in [0.4, 0.5) is 0 Å². The molecule has 4 aromatic rings. The van der Waals surface area contributed by atoms with E-state index in [0.717, 1.165) is 10.0 Å². The molecule has 0 bridgehead atoms. The Kier molecular flexibility index (Phi) is 3.05. The number of hydrogen-bond acceptors (Lipinski definition) is 4. The number of nitrogens with zero attached hydrogens (tertiary/aromatic N) is 2. The Bertz CT molecular complexity index is 894. The molecule has 0 unspecified atom stereocenters. The van der Waals surface area contributed by atoms with Crippen molar-refractivity contribution in [2.75, 3.05) is 0 Å². The maximum absolute atomic E-state index is 4.50. The Morgan fingerprint density at radius 1 is 0.857 bits per heavy atom. The smallest absolute Gasteiger partial charge is 0.124 e. The molecule has 0 spiro atoms. The predicted molar refractivity (Wildman–Crippen MR) is 90.9 cm³/mol. The molecule has 2 nitrogen and oxygen atoms in total. The van der Waals surface area contributed by atoms with E-state index in [2.05, 4.69) is 47.2 Å². The van der Waals surface area contributed by atoms with Crippen LogP contribution in [0.25, 0.3) is 31.9 Å². The third-order valence-electron chi connectivity index (χ3n) is 3.55. The standard InChI is InChI=1S/C17H12N2S2/c1-11-10-14(16-18-6-8-20-16)12-4-2-3-5-13(12)15(11)17-19-7-9-21-17/h2-10H,1H3. The van der Waals surface area contributed by atoms with Crippen LogP contribution in [0.2, 0.25) is 0 Å². The molecule has 0 radical (unpaired) electrons. The molecule has 0 saturated heterocycles. The summed E-state index contributed by atoms with van der Waals surface area (Å²) in [5, 5.41) is 8.68. The molecule has 0 aliphatic carbocycles. The molecule has 0 amide bonds. The highest BCUT2D eigenvalue weighted by Gasteiger charge is 2.14. The third-order valence-corrected chi connectivity index (χ3v) is 5.15. The van der Waals surface area contributed by atoms with Crippen molar-refractivity contribution in [3.63, 3.8) is 0 Å². The van der Waals surface area contributed by atoms with Crippen LogP contribution in [0, 0.1) is 6.92 Å². The fourth-order valence-electron chi connectivity index (χ4n) is 2.68. The molecule has 2 aromatic carbocycles. The summed E-state index contributed by atoms with van der Waals surface area (Å²) in [6.45, 7) is 2.15. The minimum absolute atomic E-state index is 1.07. The summed E-state index contributed by atoms with van der Waals surface area (Å²) in [6.07, 6.45) is 3.72. The topological polar surface area (TPSA) is 25.8 Å². The van der Waals surface area contributed by atoms with Crippen molar-refractivity contribution < 1.29 is 0 Å². The predicted octanol–water partition coefficient (Wildman–Crippen LogP) is 5.40. The van der Waals surface area contributed by atoms with Crippen LogP contribution in [-0.2, 0) is 0 Å². The van der Waals surface area contributed by atoms with Crippen molar-refractivity contribution >= 4 is 33.4 Å². The average Bonchev–Trinajstić information content (AvgIpc) is 3.20. The van der Waals surface area contributed by atoms with Gasteiger partial charge in [-0.2, -0.15) is 0 Å². The molecule has 21 heavy (non-hydrogen) atoms. The quantitative estimate of drug-likeness (QED) is 0.496. The van der Waals surface area contributed by atoms with Gasteiger partial charge in [0, 0.05) is 34.3 Å². The van der Waals surface area contributed by atoms with Crippen molar-refractivity contribution in [3.8, 4) is 21.1 Å². The average molecular weight is 308 g/mol. The SMILES string of the molecule is Cc1cc(-c2nccs2)c2ccccc2c1-c1nccs1. The lowest BCUT2D eigenvalue weighted by Gasteiger charge is -2.12. The van der Waals surface area contributed by atoms with Crippen LogP contribution in [0.5, 0.6) is 0 Å². The van der Waals surface area contributed by atoms with E-state index in [9.17, 15) is 0 Å². The molecule has 4 heteroatoms. The lowest BCUT2D eigenvalue weighted by molar-refractivity contribution is 1.38. The van der Waals surface area contributed by atoms with E-state index in [1.54, 1.807) is 22.7 Å². The molecule has 0 atom stereocenters. The molecular weight excluding hydrogens is 296 g/mol. The Hall–Kier alpha value is -2.04. The van der Waals surface area contributed by atoms with E-state index in [0.29, 0.717) is 0 Å². The zero-order valence-electron chi connectivity index (χ0n) is 11.4. The molecular formula is C17H12N2S2.